The first-order chi connectivity index (χ1) is 11.7. The lowest BCUT2D eigenvalue weighted by atomic mass is 10.0. The molecule has 0 aliphatic heterocycles. The summed E-state index contributed by atoms with van der Waals surface area (Å²) in [5, 5.41) is 23.8. The van der Waals surface area contributed by atoms with Crippen molar-refractivity contribution in [1.82, 2.24) is 9.55 Å². The van der Waals surface area contributed by atoms with Gasteiger partial charge in [0.1, 0.15) is 5.82 Å². The second-order valence-electron chi connectivity index (χ2n) is 5.67. The molecule has 0 spiro atoms. The summed E-state index contributed by atoms with van der Waals surface area (Å²) in [6, 6.07) is 7.32. The summed E-state index contributed by atoms with van der Waals surface area (Å²) in [6.45, 7) is 0.774. The number of thiophene rings is 1. The summed E-state index contributed by atoms with van der Waals surface area (Å²) in [7, 11) is 1.52. The van der Waals surface area contributed by atoms with Crippen LogP contribution < -0.4 is 4.74 Å². The number of hydrogen-bond donors (Lipinski definition) is 2. The number of benzene rings is 1. The summed E-state index contributed by atoms with van der Waals surface area (Å²) in [6.07, 6.45) is 4.45. The number of aliphatic hydroxyl groups excluding tert-OH is 1. The highest BCUT2D eigenvalue weighted by atomic mass is 32.1. The van der Waals surface area contributed by atoms with Crippen LogP contribution in [0.1, 0.15) is 5.56 Å². The predicted octanol–water partition coefficient (Wildman–Crippen LogP) is 3.18. The highest BCUT2D eigenvalue weighted by molar-refractivity contribution is 7.07. The number of nitrogens with zero attached hydrogens (tertiary/aromatic N) is 2. The number of aliphatic hydroxyl groups is 1. The van der Waals surface area contributed by atoms with Crippen LogP contribution in [0.3, 0.4) is 0 Å². The maximum atomic E-state index is 9.98. The zero-order chi connectivity index (χ0) is 16.9. The van der Waals surface area contributed by atoms with Crippen molar-refractivity contribution in [2.24, 2.45) is 5.92 Å². The van der Waals surface area contributed by atoms with E-state index in [1.54, 1.807) is 29.7 Å². The Bertz CT molecular complexity index is 783. The molecule has 3 rings (SSSR count). The third-order valence-corrected chi connectivity index (χ3v) is 4.70. The molecule has 24 heavy (non-hydrogen) atoms. The van der Waals surface area contributed by atoms with Crippen LogP contribution in [0.25, 0.3) is 11.4 Å². The van der Waals surface area contributed by atoms with E-state index in [0.29, 0.717) is 12.3 Å². The van der Waals surface area contributed by atoms with Gasteiger partial charge < -0.3 is 19.5 Å². The maximum Gasteiger partial charge on any atom is 0.160 e. The molecule has 2 heterocycles. The minimum atomic E-state index is 0.0848. The lowest BCUT2D eigenvalue weighted by molar-refractivity contribution is 0.210. The van der Waals surface area contributed by atoms with E-state index in [1.165, 1.54) is 12.7 Å². The van der Waals surface area contributed by atoms with E-state index in [0.717, 1.165) is 17.8 Å². The molecular weight excluding hydrogens is 324 g/mol. The Morgan fingerprint density at radius 3 is 2.88 bits per heavy atom. The van der Waals surface area contributed by atoms with Crippen LogP contribution in [0.4, 0.5) is 0 Å². The minimum Gasteiger partial charge on any atom is -0.504 e. The molecule has 6 heteroatoms. The van der Waals surface area contributed by atoms with Crippen molar-refractivity contribution in [1.29, 1.82) is 0 Å². The van der Waals surface area contributed by atoms with E-state index in [9.17, 15) is 10.2 Å². The molecule has 3 aromatic rings. The number of phenols is 1. The Morgan fingerprint density at radius 1 is 1.33 bits per heavy atom. The minimum absolute atomic E-state index is 0.0848. The van der Waals surface area contributed by atoms with E-state index in [1.807, 2.05) is 22.2 Å². The number of methoxy groups -OCH3 is 1. The molecule has 5 nitrogen and oxygen atoms in total. The highest BCUT2D eigenvalue weighted by Crippen LogP contribution is 2.31. The van der Waals surface area contributed by atoms with Gasteiger partial charge in [0.2, 0.25) is 0 Å². The number of phenolic OH excluding ortho intramolecular Hbond substituents is 1. The average Bonchev–Trinajstić information content (AvgIpc) is 3.26. The molecule has 0 fully saturated rings. The van der Waals surface area contributed by atoms with E-state index in [2.05, 4.69) is 16.4 Å². The normalized spacial score (nSPS) is 12.2. The fraction of sp³-hybridized carbons (Fsp3) is 0.278. The largest absolute Gasteiger partial charge is 0.504 e. The van der Waals surface area contributed by atoms with Gasteiger partial charge in [0.15, 0.2) is 11.5 Å². The summed E-state index contributed by atoms with van der Waals surface area (Å²) in [5.41, 5.74) is 2.05. The van der Waals surface area contributed by atoms with Gasteiger partial charge >= 0.3 is 0 Å². The van der Waals surface area contributed by atoms with Crippen molar-refractivity contribution in [2.75, 3.05) is 13.7 Å². The Labute approximate surface area is 144 Å². The molecule has 1 unspecified atom stereocenters. The van der Waals surface area contributed by atoms with E-state index >= 15 is 0 Å². The van der Waals surface area contributed by atoms with Gasteiger partial charge in [0, 0.05) is 37.0 Å². The van der Waals surface area contributed by atoms with Gasteiger partial charge in [0.25, 0.3) is 0 Å². The molecule has 2 N–H and O–H groups in total. The molecule has 0 bridgehead atoms. The molecule has 126 valence electrons. The number of aromatic nitrogens is 2. The number of ether oxygens (including phenoxy) is 1. The molecule has 0 saturated carbocycles. The van der Waals surface area contributed by atoms with E-state index < -0.39 is 0 Å². The number of aromatic hydroxyl groups is 1. The molecular formula is C18H20N2O3S. The topological polar surface area (TPSA) is 67.5 Å². The molecule has 0 radical (unpaired) electrons. The number of imidazole rings is 1. The van der Waals surface area contributed by atoms with Crippen molar-refractivity contribution in [3.63, 3.8) is 0 Å². The van der Waals surface area contributed by atoms with Crippen LogP contribution in [-0.2, 0) is 13.0 Å². The Balaban J connectivity index is 1.80. The number of hydrogen-bond acceptors (Lipinski definition) is 5. The van der Waals surface area contributed by atoms with Crippen LogP contribution in [0.2, 0.25) is 0 Å². The molecule has 1 atom stereocenters. The van der Waals surface area contributed by atoms with E-state index in [4.69, 9.17) is 4.74 Å². The molecule has 1 aromatic carbocycles. The monoisotopic (exact) mass is 344 g/mol. The van der Waals surface area contributed by atoms with Gasteiger partial charge in [-0.25, -0.2) is 4.98 Å². The first-order valence-corrected chi connectivity index (χ1v) is 8.66. The third kappa shape index (κ3) is 3.60. The van der Waals surface area contributed by atoms with Gasteiger partial charge in [-0.1, -0.05) is 0 Å². The standard InChI is InChI=1S/C18H20N2O3S/c1-23-17-3-2-15(9-16(17)22)18-19-5-6-20(18)10-14(11-21)8-13-4-7-24-12-13/h2-7,9,12,14,21-22H,8,10-11H2,1H3. The van der Waals surface area contributed by atoms with Gasteiger partial charge in [-0.3, -0.25) is 0 Å². The van der Waals surface area contributed by atoms with Crippen LogP contribution in [-0.4, -0.2) is 33.5 Å². The molecule has 2 aromatic heterocycles. The number of rotatable bonds is 7. The van der Waals surface area contributed by atoms with Crippen molar-refractivity contribution in [3.8, 4) is 22.9 Å². The van der Waals surface area contributed by atoms with Crippen molar-refractivity contribution in [3.05, 3.63) is 53.0 Å². The SMILES string of the molecule is COc1ccc(-c2nccn2CC(CO)Cc2ccsc2)cc1O. The lowest BCUT2D eigenvalue weighted by Gasteiger charge is -2.16. The molecule has 0 aliphatic rings. The average molecular weight is 344 g/mol. The van der Waals surface area contributed by atoms with Crippen LogP contribution >= 0.6 is 11.3 Å². The summed E-state index contributed by atoms with van der Waals surface area (Å²) >= 11 is 1.66. The Morgan fingerprint density at radius 2 is 2.21 bits per heavy atom. The smallest absolute Gasteiger partial charge is 0.160 e. The quantitative estimate of drug-likeness (QED) is 0.691. The van der Waals surface area contributed by atoms with Gasteiger partial charge in [-0.15, -0.1) is 0 Å². The zero-order valence-corrected chi connectivity index (χ0v) is 14.2. The second kappa shape index (κ2) is 7.51. The lowest BCUT2D eigenvalue weighted by Crippen LogP contribution is -2.17. The molecule has 0 amide bonds. The summed E-state index contributed by atoms with van der Waals surface area (Å²) in [5.74, 6) is 1.39. The zero-order valence-electron chi connectivity index (χ0n) is 13.4. The van der Waals surface area contributed by atoms with Gasteiger partial charge in [0.05, 0.1) is 7.11 Å². The summed E-state index contributed by atoms with van der Waals surface area (Å²) in [4.78, 5) is 4.40. The van der Waals surface area contributed by atoms with Gasteiger partial charge in [-0.2, -0.15) is 11.3 Å². The van der Waals surface area contributed by atoms with Crippen molar-refractivity contribution < 1.29 is 14.9 Å². The Kier molecular flexibility index (Phi) is 5.17. The van der Waals surface area contributed by atoms with Crippen molar-refractivity contribution >= 4 is 11.3 Å². The van der Waals surface area contributed by atoms with Gasteiger partial charge in [-0.05, 0) is 47.0 Å². The highest BCUT2D eigenvalue weighted by Gasteiger charge is 2.14. The van der Waals surface area contributed by atoms with Crippen molar-refractivity contribution in [2.45, 2.75) is 13.0 Å². The summed E-state index contributed by atoms with van der Waals surface area (Å²) < 4.78 is 7.09. The van der Waals surface area contributed by atoms with Crippen LogP contribution in [0.15, 0.2) is 47.4 Å². The second-order valence-corrected chi connectivity index (χ2v) is 6.45. The Hall–Kier alpha value is -2.31. The van der Waals surface area contributed by atoms with E-state index in [-0.39, 0.29) is 18.3 Å². The first-order valence-electron chi connectivity index (χ1n) is 7.71. The third-order valence-electron chi connectivity index (χ3n) is 3.97. The predicted molar refractivity (Wildman–Crippen MR) is 94.5 cm³/mol. The van der Waals surface area contributed by atoms with Crippen LogP contribution in [0, 0.1) is 5.92 Å². The fourth-order valence-corrected chi connectivity index (χ4v) is 3.43. The fourth-order valence-electron chi connectivity index (χ4n) is 2.75. The first kappa shape index (κ1) is 16.5. The molecule has 0 saturated heterocycles. The molecule has 0 aliphatic carbocycles. The van der Waals surface area contributed by atoms with Crippen LogP contribution in [0.5, 0.6) is 11.5 Å². The maximum absolute atomic E-state index is 9.98.